The van der Waals surface area contributed by atoms with Gasteiger partial charge in [-0.05, 0) is 47.5 Å². The molecule has 0 aliphatic carbocycles. The first-order chi connectivity index (χ1) is 13.4. The number of benzene rings is 3. The smallest absolute Gasteiger partial charge is 0.161 e. The quantitative estimate of drug-likeness (QED) is 0.607. The molecule has 27 heavy (non-hydrogen) atoms. The third-order valence-corrected chi connectivity index (χ3v) is 4.25. The second kappa shape index (κ2) is 8.41. The average molecular weight is 359 g/mol. The predicted octanol–water partition coefficient (Wildman–Crippen LogP) is 4.52. The van der Waals surface area contributed by atoms with Crippen molar-refractivity contribution in [2.24, 2.45) is 4.99 Å². The maximum Gasteiger partial charge on any atom is 0.161 e. The number of hydrogen-bond donors (Lipinski definition) is 0. The molecule has 0 fully saturated rings. The molecule has 0 aromatic heterocycles. The van der Waals surface area contributed by atoms with Crippen molar-refractivity contribution in [3.63, 3.8) is 0 Å². The zero-order chi connectivity index (χ0) is 18.3. The van der Waals surface area contributed by atoms with Crippen LogP contribution in [0.15, 0.2) is 83.9 Å². The third-order valence-electron chi connectivity index (χ3n) is 4.25. The van der Waals surface area contributed by atoms with Crippen LogP contribution >= 0.6 is 0 Å². The van der Waals surface area contributed by atoms with Gasteiger partial charge in [0.1, 0.15) is 19.0 Å². The maximum atomic E-state index is 5.90. The molecule has 0 saturated heterocycles. The standard InChI is InChI=1S/C23H21NO3/c1-2-6-19(7-3-1)16-25-20-12-10-18(11-13-20)14-24-15-21-17-26-22-8-4-5-9-23(22)27-21/h1-14,21H,15-17H2. The van der Waals surface area contributed by atoms with E-state index >= 15 is 0 Å². The van der Waals surface area contributed by atoms with Crippen LogP contribution < -0.4 is 14.2 Å². The van der Waals surface area contributed by atoms with Gasteiger partial charge in [0.05, 0.1) is 6.54 Å². The van der Waals surface area contributed by atoms with E-state index in [1.807, 2.05) is 72.9 Å². The average Bonchev–Trinajstić information content (AvgIpc) is 2.74. The molecule has 3 aromatic rings. The summed E-state index contributed by atoms with van der Waals surface area (Å²) in [6, 6.07) is 25.7. The topological polar surface area (TPSA) is 40.0 Å². The Morgan fingerprint density at radius 1 is 0.889 bits per heavy atom. The fraction of sp³-hybridized carbons (Fsp3) is 0.174. The fourth-order valence-electron chi connectivity index (χ4n) is 2.82. The Hall–Kier alpha value is -3.27. The molecule has 3 aromatic carbocycles. The lowest BCUT2D eigenvalue weighted by atomic mass is 10.2. The van der Waals surface area contributed by atoms with E-state index < -0.39 is 0 Å². The van der Waals surface area contributed by atoms with Gasteiger partial charge in [0.2, 0.25) is 0 Å². The molecule has 0 amide bonds. The summed E-state index contributed by atoms with van der Waals surface area (Å²) < 4.78 is 17.4. The lowest BCUT2D eigenvalue weighted by Crippen LogP contribution is -2.31. The molecular weight excluding hydrogens is 338 g/mol. The zero-order valence-corrected chi connectivity index (χ0v) is 15.0. The van der Waals surface area contributed by atoms with Crippen molar-refractivity contribution in [3.8, 4) is 17.2 Å². The first-order valence-electron chi connectivity index (χ1n) is 9.02. The van der Waals surface area contributed by atoms with Gasteiger partial charge in [-0.3, -0.25) is 4.99 Å². The molecule has 1 aliphatic rings. The summed E-state index contributed by atoms with van der Waals surface area (Å²) in [6.45, 7) is 1.63. The van der Waals surface area contributed by atoms with Crippen LogP contribution in [0.5, 0.6) is 17.2 Å². The van der Waals surface area contributed by atoms with Crippen molar-refractivity contribution in [3.05, 3.63) is 90.0 Å². The number of nitrogens with zero attached hydrogens (tertiary/aromatic N) is 1. The Balaban J connectivity index is 1.27. The Labute approximate surface area is 159 Å². The van der Waals surface area contributed by atoms with Gasteiger partial charge in [-0.25, -0.2) is 0 Å². The lowest BCUT2D eigenvalue weighted by molar-refractivity contribution is 0.0973. The van der Waals surface area contributed by atoms with E-state index in [0.29, 0.717) is 19.8 Å². The number of hydrogen-bond acceptors (Lipinski definition) is 4. The Morgan fingerprint density at radius 3 is 2.44 bits per heavy atom. The van der Waals surface area contributed by atoms with E-state index in [1.54, 1.807) is 0 Å². The van der Waals surface area contributed by atoms with Gasteiger partial charge in [-0.1, -0.05) is 42.5 Å². The Kier molecular flexibility index (Phi) is 5.34. The molecule has 1 aliphatic heterocycles. The molecule has 1 atom stereocenters. The van der Waals surface area contributed by atoms with Crippen LogP contribution in [0.4, 0.5) is 0 Å². The number of para-hydroxylation sites is 2. The number of ether oxygens (including phenoxy) is 3. The minimum absolute atomic E-state index is 0.0652. The molecule has 0 N–H and O–H groups in total. The van der Waals surface area contributed by atoms with Crippen molar-refractivity contribution in [1.82, 2.24) is 0 Å². The highest BCUT2D eigenvalue weighted by Gasteiger charge is 2.19. The summed E-state index contributed by atoms with van der Waals surface area (Å²) in [6.07, 6.45) is 1.79. The molecule has 1 heterocycles. The number of rotatable bonds is 6. The van der Waals surface area contributed by atoms with Gasteiger partial charge in [0, 0.05) is 6.21 Å². The monoisotopic (exact) mass is 359 g/mol. The first kappa shape index (κ1) is 17.2. The third kappa shape index (κ3) is 4.67. The second-order valence-corrected chi connectivity index (χ2v) is 6.34. The maximum absolute atomic E-state index is 5.90. The van der Waals surface area contributed by atoms with E-state index in [9.17, 15) is 0 Å². The van der Waals surface area contributed by atoms with Gasteiger partial charge in [0.15, 0.2) is 17.6 Å². The van der Waals surface area contributed by atoms with Crippen LogP contribution in [0.3, 0.4) is 0 Å². The first-order valence-corrected chi connectivity index (χ1v) is 9.02. The van der Waals surface area contributed by atoms with Crippen LogP contribution in [-0.2, 0) is 6.61 Å². The number of fused-ring (bicyclic) bond motifs is 1. The van der Waals surface area contributed by atoms with Gasteiger partial charge in [-0.15, -0.1) is 0 Å². The van der Waals surface area contributed by atoms with E-state index in [2.05, 4.69) is 17.1 Å². The van der Waals surface area contributed by atoms with Gasteiger partial charge in [-0.2, -0.15) is 0 Å². The van der Waals surface area contributed by atoms with Crippen molar-refractivity contribution >= 4 is 6.21 Å². The molecular formula is C23H21NO3. The summed E-state index contributed by atoms with van der Waals surface area (Å²) in [5.74, 6) is 2.42. The highest BCUT2D eigenvalue weighted by molar-refractivity contribution is 5.79. The zero-order valence-electron chi connectivity index (χ0n) is 15.0. The molecule has 4 nitrogen and oxygen atoms in total. The molecule has 0 radical (unpaired) electrons. The normalized spacial score (nSPS) is 15.6. The summed E-state index contributed by atoms with van der Waals surface area (Å²) in [4.78, 5) is 4.49. The predicted molar refractivity (Wildman–Crippen MR) is 106 cm³/mol. The molecule has 4 heteroatoms. The SMILES string of the molecule is C(=NCC1COc2ccccc2O1)c1ccc(OCc2ccccc2)cc1. The van der Waals surface area contributed by atoms with Gasteiger partial charge >= 0.3 is 0 Å². The Morgan fingerprint density at radius 2 is 1.63 bits per heavy atom. The number of aliphatic imine (C=N–C) groups is 1. The Bertz CT molecular complexity index is 891. The largest absolute Gasteiger partial charge is 0.489 e. The summed E-state index contributed by atoms with van der Waals surface area (Å²) in [7, 11) is 0. The minimum atomic E-state index is -0.0652. The van der Waals surface area contributed by atoms with Crippen LogP contribution in [0.1, 0.15) is 11.1 Å². The van der Waals surface area contributed by atoms with E-state index in [4.69, 9.17) is 14.2 Å². The molecule has 0 saturated carbocycles. The summed E-state index contributed by atoms with van der Waals surface area (Å²) >= 11 is 0. The van der Waals surface area contributed by atoms with Crippen LogP contribution in [0.2, 0.25) is 0 Å². The van der Waals surface area contributed by atoms with E-state index in [0.717, 1.165) is 28.4 Å². The van der Waals surface area contributed by atoms with Crippen molar-refractivity contribution < 1.29 is 14.2 Å². The van der Waals surface area contributed by atoms with E-state index in [1.165, 1.54) is 0 Å². The van der Waals surface area contributed by atoms with Crippen LogP contribution in [-0.4, -0.2) is 25.5 Å². The minimum Gasteiger partial charge on any atom is -0.489 e. The second-order valence-electron chi connectivity index (χ2n) is 6.34. The van der Waals surface area contributed by atoms with Crippen LogP contribution in [0, 0.1) is 0 Å². The van der Waals surface area contributed by atoms with Crippen molar-refractivity contribution in [1.29, 1.82) is 0 Å². The van der Waals surface area contributed by atoms with Gasteiger partial charge < -0.3 is 14.2 Å². The molecule has 136 valence electrons. The van der Waals surface area contributed by atoms with Crippen LogP contribution in [0.25, 0.3) is 0 Å². The summed E-state index contributed by atoms with van der Waals surface area (Å²) in [5, 5.41) is 0. The molecule has 4 rings (SSSR count). The molecule has 0 bridgehead atoms. The van der Waals surface area contributed by atoms with Gasteiger partial charge in [0.25, 0.3) is 0 Å². The van der Waals surface area contributed by atoms with Crippen molar-refractivity contribution in [2.75, 3.05) is 13.2 Å². The highest BCUT2D eigenvalue weighted by atomic mass is 16.6. The lowest BCUT2D eigenvalue weighted by Gasteiger charge is -2.25. The van der Waals surface area contributed by atoms with Crippen molar-refractivity contribution in [2.45, 2.75) is 12.7 Å². The summed E-state index contributed by atoms with van der Waals surface area (Å²) in [5.41, 5.74) is 2.18. The fourth-order valence-corrected chi connectivity index (χ4v) is 2.82. The molecule has 1 unspecified atom stereocenters. The highest BCUT2D eigenvalue weighted by Crippen LogP contribution is 2.30. The molecule has 0 spiro atoms. The van der Waals surface area contributed by atoms with E-state index in [-0.39, 0.29) is 6.10 Å².